The van der Waals surface area contributed by atoms with Gasteiger partial charge in [-0.05, 0) is 49.5 Å². The highest BCUT2D eigenvalue weighted by Gasteiger charge is 2.49. The summed E-state index contributed by atoms with van der Waals surface area (Å²) in [5, 5.41) is 15.9. The molecule has 23 heavy (non-hydrogen) atoms. The van der Waals surface area contributed by atoms with Gasteiger partial charge in [0.15, 0.2) is 0 Å². The van der Waals surface area contributed by atoms with E-state index in [1.807, 2.05) is 19.1 Å². The van der Waals surface area contributed by atoms with E-state index in [1.165, 1.54) is 17.6 Å². The van der Waals surface area contributed by atoms with Crippen molar-refractivity contribution in [3.63, 3.8) is 0 Å². The van der Waals surface area contributed by atoms with Crippen LogP contribution < -0.4 is 16.4 Å². The zero-order valence-electron chi connectivity index (χ0n) is 12.3. The number of rotatable bonds is 5. The molecule has 1 aliphatic carbocycles. The summed E-state index contributed by atoms with van der Waals surface area (Å²) >= 11 is 1.25. The minimum atomic E-state index is -0.882. The van der Waals surface area contributed by atoms with E-state index in [0.717, 1.165) is 16.8 Å². The minimum absolute atomic E-state index is 0.143. The highest BCUT2D eigenvalue weighted by atomic mass is 32.1. The van der Waals surface area contributed by atoms with Gasteiger partial charge in [-0.15, -0.1) is 0 Å². The third kappa shape index (κ3) is 2.96. The number of benzene rings is 1. The van der Waals surface area contributed by atoms with E-state index in [-0.39, 0.29) is 11.3 Å². The van der Waals surface area contributed by atoms with Crippen LogP contribution >= 0.6 is 11.5 Å². The van der Waals surface area contributed by atoms with E-state index in [1.54, 1.807) is 0 Å². The first kappa shape index (κ1) is 15.2. The number of anilines is 3. The molecule has 4 N–H and O–H groups in total. The smallest absolute Gasteiger partial charge is 0.243 e. The normalized spacial score (nSPS) is 14.8. The molecule has 1 saturated carbocycles. The maximum atomic E-state index is 14.2. The lowest BCUT2D eigenvalue weighted by atomic mass is 10.1. The van der Waals surface area contributed by atoms with Gasteiger partial charge in [-0.1, -0.05) is 0 Å². The van der Waals surface area contributed by atoms with E-state index in [2.05, 4.69) is 15.0 Å². The van der Waals surface area contributed by atoms with E-state index in [4.69, 9.17) is 5.73 Å². The first-order valence-corrected chi connectivity index (χ1v) is 7.73. The molecule has 0 bridgehead atoms. The van der Waals surface area contributed by atoms with Gasteiger partial charge in [0.2, 0.25) is 5.91 Å². The molecule has 0 radical (unpaired) electrons. The summed E-state index contributed by atoms with van der Waals surface area (Å²) in [5.41, 5.74) is 6.08. The lowest BCUT2D eigenvalue weighted by molar-refractivity contribution is -0.119. The molecule has 1 amide bonds. The van der Waals surface area contributed by atoms with E-state index in [9.17, 15) is 14.4 Å². The molecule has 0 saturated heterocycles. The Balaban J connectivity index is 1.94. The van der Waals surface area contributed by atoms with Crippen molar-refractivity contribution in [3.8, 4) is 6.07 Å². The predicted octanol–water partition coefficient (Wildman–Crippen LogP) is 2.64. The maximum absolute atomic E-state index is 14.2. The first-order valence-electron chi connectivity index (χ1n) is 6.95. The van der Waals surface area contributed by atoms with Crippen LogP contribution in [-0.4, -0.2) is 15.8 Å². The average Bonchev–Trinajstić information content (AvgIpc) is 3.18. The second-order valence-electron chi connectivity index (χ2n) is 5.52. The standard InChI is InChI=1S/C15H14FN5OS/c1-8-4-13(23-21-8)19-11-6-12(10(16)5-9(11)7-17)20-15(2-3-15)14(18)22/h4-6,19-20H,2-3H2,1H3,(H2,18,22). The highest BCUT2D eigenvalue weighted by Crippen LogP contribution is 2.40. The number of primary amides is 1. The van der Waals surface area contributed by atoms with Crippen LogP contribution in [0.25, 0.3) is 0 Å². The largest absolute Gasteiger partial charge is 0.369 e. The van der Waals surface area contributed by atoms with Crippen molar-refractivity contribution >= 4 is 33.8 Å². The maximum Gasteiger partial charge on any atom is 0.243 e. The zero-order chi connectivity index (χ0) is 16.6. The summed E-state index contributed by atoms with van der Waals surface area (Å²) in [4.78, 5) is 11.5. The lowest BCUT2D eigenvalue weighted by Crippen LogP contribution is -2.37. The van der Waals surface area contributed by atoms with Gasteiger partial charge in [-0.3, -0.25) is 4.79 Å². The van der Waals surface area contributed by atoms with Crippen molar-refractivity contribution < 1.29 is 9.18 Å². The fourth-order valence-electron chi connectivity index (χ4n) is 2.24. The zero-order valence-corrected chi connectivity index (χ0v) is 13.1. The van der Waals surface area contributed by atoms with Crippen molar-refractivity contribution in [1.82, 2.24) is 4.37 Å². The summed E-state index contributed by atoms with van der Waals surface area (Å²) in [6.45, 7) is 1.86. The van der Waals surface area contributed by atoms with E-state index < -0.39 is 17.3 Å². The molecule has 1 fully saturated rings. The highest BCUT2D eigenvalue weighted by molar-refractivity contribution is 7.10. The topological polar surface area (TPSA) is 104 Å². The van der Waals surface area contributed by atoms with Crippen LogP contribution in [0.3, 0.4) is 0 Å². The second kappa shape index (κ2) is 5.52. The van der Waals surface area contributed by atoms with Gasteiger partial charge in [0, 0.05) is 0 Å². The van der Waals surface area contributed by atoms with Crippen LogP contribution in [0.2, 0.25) is 0 Å². The van der Waals surface area contributed by atoms with Crippen LogP contribution in [-0.2, 0) is 4.79 Å². The molecule has 1 aromatic carbocycles. The molecule has 8 heteroatoms. The molecule has 1 aromatic heterocycles. The van der Waals surface area contributed by atoms with Crippen LogP contribution in [0.1, 0.15) is 24.1 Å². The molecule has 0 aliphatic heterocycles. The Hall–Kier alpha value is -2.66. The number of hydrogen-bond acceptors (Lipinski definition) is 6. The fourth-order valence-corrected chi connectivity index (χ4v) is 2.91. The Bertz CT molecular complexity index is 822. The van der Waals surface area contributed by atoms with Gasteiger partial charge in [-0.25, -0.2) is 4.39 Å². The molecule has 0 unspecified atom stereocenters. The number of aryl methyl sites for hydroxylation is 1. The predicted molar refractivity (Wildman–Crippen MR) is 86.0 cm³/mol. The Kier molecular flexibility index (Phi) is 3.66. The molecular weight excluding hydrogens is 317 g/mol. The van der Waals surface area contributed by atoms with Gasteiger partial charge in [0.25, 0.3) is 0 Å². The van der Waals surface area contributed by atoms with Crippen molar-refractivity contribution in [2.24, 2.45) is 5.73 Å². The first-order chi connectivity index (χ1) is 10.9. The molecular formula is C15H14FN5OS. The summed E-state index contributed by atoms with van der Waals surface area (Å²) in [7, 11) is 0. The van der Waals surface area contributed by atoms with E-state index >= 15 is 0 Å². The summed E-state index contributed by atoms with van der Waals surface area (Å²) < 4.78 is 18.3. The number of amides is 1. The lowest BCUT2D eigenvalue weighted by Gasteiger charge is -2.17. The Labute approximate surface area is 136 Å². The van der Waals surface area contributed by atoms with Crippen LogP contribution in [0.15, 0.2) is 18.2 Å². The third-order valence-corrected chi connectivity index (χ3v) is 4.50. The van der Waals surface area contributed by atoms with Gasteiger partial charge in [0.05, 0.1) is 22.6 Å². The van der Waals surface area contributed by atoms with Crippen molar-refractivity contribution in [2.75, 3.05) is 10.6 Å². The summed E-state index contributed by atoms with van der Waals surface area (Å²) in [6.07, 6.45) is 1.14. The number of nitrogens with two attached hydrogens (primary N) is 1. The van der Waals surface area contributed by atoms with Crippen molar-refractivity contribution in [3.05, 3.63) is 35.3 Å². The summed E-state index contributed by atoms with van der Waals surface area (Å²) in [5.74, 6) is -1.10. The number of aromatic nitrogens is 1. The number of halogens is 1. The quantitative estimate of drug-likeness (QED) is 0.781. The molecule has 3 rings (SSSR count). The molecule has 2 aromatic rings. The molecule has 1 aliphatic rings. The number of nitriles is 1. The van der Waals surface area contributed by atoms with Gasteiger partial charge in [0.1, 0.15) is 22.4 Å². The average molecular weight is 331 g/mol. The monoisotopic (exact) mass is 331 g/mol. The molecule has 0 spiro atoms. The Morgan fingerprint density at radius 2 is 2.17 bits per heavy atom. The van der Waals surface area contributed by atoms with Crippen molar-refractivity contribution in [2.45, 2.75) is 25.3 Å². The van der Waals surface area contributed by atoms with Crippen molar-refractivity contribution in [1.29, 1.82) is 5.26 Å². The minimum Gasteiger partial charge on any atom is -0.369 e. The van der Waals surface area contributed by atoms with Gasteiger partial charge < -0.3 is 16.4 Å². The number of nitrogens with one attached hydrogen (secondary N) is 2. The molecule has 118 valence electrons. The van der Waals surface area contributed by atoms with Gasteiger partial charge in [-0.2, -0.15) is 9.64 Å². The molecule has 0 atom stereocenters. The van der Waals surface area contributed by atoms with Crippen LogP contribution in [0.5, 0.6) is 0 Å². The van der Waals surface area contributed by atoms with E-state index in [0.29, 0.717) is 18.5 Å². The number of nitrogens with zero attached hydrogens (tertiary/aromatic N) is 2. The van der Waals surface area contributed by atoms with Gasteiger partial charge >= 0.3 is 0 Å². The Morgan fingerprint density at radius 1 is 1.43 bits per heavy atom. The number of carbonyl (C=O) groups is 1. The molecule has 6 nitrogen and oxygen atoms in total. The van der Waals surface area contributed by atoms with Crippen LogP contribution in [0, 0.1) is 24.1 Å². The second-order valence-corrected chi connectivity index (χ2v) is 6.32. The van der Waals surface area contributed by atoms with Crippen LogP contribution in [0.4, 0.5) is 20.8 Å². The fraction of sp³-hybridized carbons (Fsp3) is 0.267. The SMILES string of the molecule is Cc1cc(Nc2cc(NC3(C(N)=O)CC3)c(F)cc2C#N)sn1. The number of hydrogen-bond donors (Lipinski definition) is 3. The summed E-state index contributed by atoms with van der Waals surface area (Å²) in [6, 6.07) is 6.39. The number of carbonyl (C=O) groups excluding carboxylic acids is 1. The third-order valence-electron chi connectivity index (χ3n) is 3.71. The molecule has 1 heterocycles. The Morgan fingerprint density at radius 3 is 2.70 bits per heavy atom.